The Balaban J connectivity index is 1.60. The third-order valence-electron chi connectivity index (χ3n) is 5.92. The highest BCUT2D eigenvalue weighted by Gasteiger charge is 2.33. The first-order valence-corrected chi connectivity index (χ1v) is 11.5. The molecule has 34 heavy (non-hydrogen) atoms. The van der Waals surface area contributed by atoms with Crippen molar-refractivity contribution in [2.75, 3.05) is 6.54 Å². The highest BCUT2D eigenvalue weighted by Crippen LogP contribution is 2.25. The van der Waals surface area contributed by atoms with Crippen molar-refractivity contribution in [3.63, 3.8) is 0 Å². The van der Waals surface area contributed by atoms with E-state index in [2.05, 4.69) is 15.6 Å². The van der Waals surface area contributed by atoms with Gasteiger partial charge < -0.3 is 20.0 Å². The van der Waals surface area contributed by atoms with Crippen molar-refractivity contribution < 1.29 is 18.8 Å². The van der Waals surface area contributed by atoms with Gasteiger partial charge in [0.1, 0.15) is 6.04 Å². The molecule has 0 radical (unpaired) electrons. The molecule has 0 saturated heterocycles. The zero-order valence-corrected chi connectivity index (χ0v) is 18.9. The van der Waals surface area contributed by atoms with E-state index in [0.29, 0.717) is 5.56 Å². The lowest BCUT2D eigenvalue weighted by Crippen LogP contribution is -2.48. The minimum atomic E-state index is -0.887. The summed E-state index contributed by atoms with van der Waals surface area (Å²) in [5, 5.41) is 5.72. The van der Waals surface area contributed by atoms with Gasteiger partial charge in [-0.1, -0.05) is 49.2 Å². The van der Waals surface area contributed by atoms with Crippen molar-refractivity contribution >= 4 is 17.7 Å². The Morgan fingerprint density at radius 2 is 1.82 bits per heavy atom. The molecule has 1 aliphatic rings. The molecular formula is C26H28N4O4. The van der Waals surface area contributed by atoms with Crippen LogP contribution in [-0.4, -0.2) is 40.2 Å². The summed E-state index contributed by atoms with van der Waals surface area (Å²) in [6.45, 7) is -0.0756. The predicted molar refractivity (Wildman–Crippen MR) is 125 cm³/mol. The quantitative estimate of drug-likeness (QED) is 0.510. The molecule has 176 valence electrons. The number of benzene rings is 1. The summed E-state index contributed by atoms with van der Waals surface area (Å²) >= 11 is 0. The van der Waals surface area contributed by atoms with Crippen molar-refractivity contribution in [2.45, 2.75) is 44.3 Å². The molecule has 8 nitrogen and oxygen atoms in total. The van der Waals surface area contributed by atoms with Crippen molar-refractivity contribution in [2.24, 2.45) is 0 Å². The number of aromatic nitrogens is 1. The van der Waals surface area contributed by atoms with Gasteiger partial charge in [-0.05, 0) is 36.6 Å². The first-order chi connectivity index (χ1) is 16.6. The molecule has 8 heteroatoms. The number of furan rings is 1. The van der Waals surface area contributed by atoms with Crippen LogP contribution in [0.15, 0.2) is 77.7 Å². The molecule has 2 heterocycles. The van der Waals surface area contributed by atoms with Crippen molar-refractivity contribution in [1.29, 1.82) is 0 Å². The summed E-state index contributed by atoms with van der Waals surface area (Å²) in [5.74, 6) is -1.02. The summed E-state index contributed by atoms with van der Waals surface area (Å²) in [6, 6.07) is 15.3. The van der Waals surface area contributed by atoms with Crippen LogP contribution >= 0.6 is 0 Å². The van der Waals surface area contributed by atoms with Gasteiger partial charge in [0.25, 0.3) is 5.91 Å². The number of carbonyl (C=O) groups is 3. The van der Waals surface area contributed by atoms with Crippen LogP contribution in [0.1, 0.15) is 53.4 Å². The van der Waals surface area contributed by atoms with Crippen LogP contribution in [0.4, 0.5) is 0 Å². The number of hydrogen-bond donors (Lipinski definition) is 2. The Bertz CT molecular complexity index is 1080. The Hall–Kier alpha value is -3.94. The van der Waals surface area contributed by atoms with E-state index in [1.54, 1.807) is 30.6 Å². The number of amides is 3. The molecule has 1 saturated carbocycles. The van der Waals surface area contributed by atoms with Gasteiger partial charge in [0.15, 0.2) is 5.76 Å². The third-order valence-corrected chi connectivity index (χ3v) is 5.92. The molecular weight excluding hydrogens is 432 g/mol. The fourth-order valence-electron chi connectivity index (χ4n) is 4.22. The number of nitrogens with one attached hydrogen (secondary N) is 2. The van der Waals surface area contributed by atoms with E-state index in [9.17, 15) is 14.4 Å². The molecule has 2 N–H and O–H groups in total. The second kappa shape index (κ2) is 11.3. The molecule has 1 fully saturated rings. The minimum absolute atomic E-state index is 0.0963. The number of rotatable bonds is 9. The van der Waals surface area contributed by atoms with Crippen LogP contribution in [0.2, 0.25) is 0 Å². The standard InChI is InChI=1S/C26H28N4O4/c31-23(17-28-25(32)22-13-7-15-34-22)30(18-19-8-2-1-3-9-19)24(20-10-6-14-27-16-20)26(33)29-21-11-4-5-12-21/h1-3,6-10,13-16,21,24H,4-5,11-12,17-18H2,(H,28,32)(H,29,33)/t24-/m0/s1. The second-order valence-corrected chi connectivity index (χ2v) is 8.35. The zero-order chi connectivity index (χ0) is 23.8. The van der Waals surface area contributed by atoms with Crippen LogP contribution in [0.25, 0.3) is 0 Å². The van der Waals surface area contributed by atoms with E-state index >= 15 is 0 Å². The maximum absolute atomic E-state index is 13.5. The lowest BCUT2D eigenvalue weighted by atomic mass is 10.0. The van der Waals surface area contributed by atoms with Gasteiger partial charge in [-0.25, -0.2) is 0 Å². The van der Waals surface area contributed by atoms with Crippen LogP contribution < -0.4 is 10.6 Å². The Morgan fingerprint density at radius 3 is 2.50 bits per heavy atom. The molecule has 4 rings (SSSR count). The smallest absolute Gasteiger partial charge is 0.287 e. The van der Waals surface area contributed by atoms with Gasteiger partial charge >= 0.3 is 0 Å². The largest absolute Gasteiger partial charge is 0.459 e. The Kier molecular flexibility index (Phi) is 7.70. The average Bonchev–Trinajstić information content (AvgIpc) is 3.58. The monoisotopic (exact) mass is 460 g/mol. The van der Waals surface area contributed by atoms with Crippen LogP contribution in [0.5, 0.6) is 0 Å². The maximum atomic E-state index is 13.5. The molecule has 1 aliphatic carbocycles. The lowest BCUT2D eigenvalue weighted by molar-refractivity contribution is -0.141. The van der Waals surface area contributed by atoms with E-state index in [1.807, 2.05) is 30.3 Å². The van der Waals surface area contributed by atoms with Gasteiger partial charge in [0.05, 0.1) is 12.8 Å². The summed E-state index contributed by atoms with van der Waals surface area (Å²) in [5.41, 5.74) is 1.48. The minimum Gasteiger partial charge on any atom is -0.459 e. The molecule has 0 unspecified atom stereocenters. The van der Waals surface area contributed by atoms with Crippen LogP contribution in [0.3, 0.4) is 0 Å². The highest BCUT2D eigenvalue weighted by molar-refractivity contribution is 5.95. The first-order valence-electron chi connectivity index (χ1n) is 11.5. The number of carbonyl (C=O) groups excluding carboxylic acids is 3. The second-order valence-electron chi connectivity index (χ2n) is 8.35. The van der Waals surface area contributed by atoms with E-state index < -0.39 is 11.9 Å². The van der Waals surface area contributed by atoms with Crippen molar-refractivity contribution in [3.8, 4) is 0 Å². The molecule has 1 aromatic carbocycles. The van der Waals surface area contributed by atoms with Crippen molar-refractivity contribution in [1.82, 2.24) is 20.5 Å². The van der Waals surface area contributed by atoms with Crippen LogP contribution in [-0.2, 0) is 16.1 Å². The fourth-order valence-corrected chi connectivity index (χ4v) is 4.22. The molecule has 3 amide bonds. The molecule has 0 aliphatic heterocycles. The van der Waals surface area contributed by atoms with E-state index in [0.717, 1.165) is 31.2 Å². The summed E-state index contributed by atoms with van der Waals surface area (Å²) in [4.78, 5) is 45.0. The van der Waals surface area contributed by atoms with Gasteiger partial charge in [-0.2, -0.15) is 0 Å². The summed E-state index contributed by atoms with van der Waals surface area (Å²) < 4.78 is 5.10. The Morgan fingerprint density at radius 1 is 1.03 bits per heavy atom. The van der Waals surface area contributed by atoms with Crippen molar-refractivity contribution in [3.05, 3.63) is 90.1 Å². The maximum Gasteiger partial charge on any atom is 0.287 e. The van der Waals surface area contributed by atoms with E-state index in [-0.39, 0.29) is 36.7 Å². The summed E-state index contributed by atoms with van der Waals surface area (Å²) in [6.07, 6.45) is 8.63. The van der Waals surface area contributed by atoms with Gasteiger partial charge in [-0.3, -0.25) is 19.4 Å². The predicted octanol–water partition coefficient (Wildman–Crippen LogP) is 3.23. The fraction of sp³-hybridized carbons (Fsp3) is 0.308. The van der Waals surface area contributed by atoms with Gasteiger partial charge in [-0.15, -0.1) is 0 Å². The Labute approximate surface area is 198 Å². The number of hydrogen-bond acceptors (Lipinski definition) is 5. The molecule has 0 spiro atoms. The van der Waals surface area contributed by atoms with Gasteiger partial charge in [0, 0.05) is 30.5 Å². The first kappa shape index (κ1) is 23.2. The molecule has 1 atom stereocenters. The normalized spacial score (nSPS) is 14.4. The van der Waals surface area contributed by atoms with E-state index in [4.69, 9.17) is 4.42 Å². The number of nitrogens with zero attached hydrogens (tertiary/aromatic N) is 2. The molecule has 0 bridgehead atoms. The van der Waals surface area contributed by atoms with Gasteiger partial charge in [0.2, 0.25) is 11.8 Å². The molecule has 2 aromatic heterocycles. The van der Waals surface area contributed by atoms with Crippen LogP contribution in [0, 0.1) is 0 Å². The lowest BCUT2D eigenvalue weighted by Gasteiger charge is -2.32. The number of pyridine rings is 1. The molecule has 3 aromatic rings. The topological polar surface area (TPSA) is 105 Å². The highest BCUT2D eigenvalue weighted by atomic mass is 16.3. The summed E-state index contributed by atoms with van der Waals surface area (Å²) in [7, 11) is 0. The zero-order valence-electron chi connectivity index (χ0n) is 18.9. The SMILES string of the molecule is O=C(NCC(=O)N(Cc1ccccc1)[C@H](C(=O)NC1CCCC1)c1cccnc1)c1ccco1. The average molecular weight is 461 g/mol. The third kappa shape index (κ3) is 5.89. The van der Waals surface area contributed by atoms with E-state index in [1.165, 1.54) is 17.2 Å².